The van der Waals surface area contributed by atoms with Crippen LogP contribution in [0.25, 0.3) is 10.6 Å². The van der Waals surface area contributed by atoms with E-state index in [9.17, 15) is 8.42 Å². The molecule has 5 nitrogen and oxygen atoms in total. The highest BCUT2D eigenvalue weighted by atomic mass is 32.2. The number of nitrogens with zero attached hydrogens (tertiary/aromatic N) is 1. The zero-order valence-electron chi connectivity index (χ0n) is 13.7. The maximum atomic E-state index is 12.6. The standard InChI is InChI=1S/C17H18N2O3S2/c1-11-4-6-14(7-5-11)10-18-24(20,21)17-9-16(23-13(17)3)15-8-12(2)19-22-15/h4-9,18H,10H2,1-3H3. The lowest BCUT2D eigenvalue weighted by atomic mass is 10.2. The number of rotatable bonds is 5. The molecule has 7 heteroatoms. The van der Waals surface area contributed by atoms with Crippen LogP contribution in [0.15, 0.2) is 45.8 Å². The fourth-order valence-corrected chi connectivity index (χ4v) is 4.85. The minimum atomic E-state index is -3.58. The predicted molar refractivity (Wildman–Crippen MR) is 94.5 cm³/mol. The van der Waals surface area contributed by atoms with Crippen LogP contribution in [-0.4, -0.2) is 13.6 Å². The molecular formula is C17H18N2O3S2. The maximum absolute atomic E-state index is 12.6. The summed E-state index contributed by atoms with van der Waals surface area (Å²) in [5, 5.41) is 3.84. The number of sulfonamides is 1. The van der Waals surface area contributed by atoms with Crippen molar-refractivity contribution in [3.63, 3.8) is 0 Å². The molecule has 0 fully saturated rings. The first-order chi connectivity index (χ1) is 11.3. The van der Waals surface area contributed by atoms with E-state index >= 15 is 0 Å². The van der Waals surface area contributed by atoms with Crippen LogP contribution in [-0.2, 0) is 16.6 Å². The molecule has 0 aliphatic carbocycles. The summed E-state index contributed by atoms with van der Waals surface area (Å²) >= 11 is 1.38. The van der Waals surface area contributed by atoms with E-state index in [1.807, 2.05) is 38.1 Å². The number of thiophene rings is 1. The van der Waals surface area contributed by atoms with Crippen molar-refractivity contribution in [2.75, 3.05) is 0 Å². The Morgan fingerprint density at radius 3 is 2.46 bits per heavy atom. The Hall–Kier alpha value is -1.96. The van der Waals surface area contributed by atoms with Gasteiger partial charge in [-0.3, -0.25) is 0 Å². The molecule has 0 amide bonds. The highest BCUT2D eigenvalue weighted by Gasteiger charge is 2.21. The van der Waals surface area contributed by atoms with E-state index < -0.39 is 10.0 Å². The van der Waals surface area contributed by atoms with Crippen molar-refractivity contribution in [2.45, 2.75) is 32.2 Å². The van der Waals surface area contributed by atoms with Crippen molar-refractivity contribution in [3.8, 4) is 10.6 Å². The van der Waals surface area contributed by atoms with Crippen LogP contribution in [0.5, 0.6) is 0 Å². The summed E-state index contributed by atoms with van der Waals surface area (Å²) in [5.41, 5.74) is 2.82. The van der Waals surface area contributed by atoms with Gasteiger partial charge in [0, 0.05) is 17.5 Å². The smallest absolute Gasteiger partial charge is 0.241 e. The normalized spacial score (nSPS) is 11.8. The van der Waals surface area contributed by atoms with Gasteiger partial charge in [0.1, 0.15) is 0 Å². The Labute approximate surface area is 145 Å². The molecule has 0 unspecified atom stereocenters. The first kappa shape index (κ1) is 16.9. The lowest BCUT2D eigenvalue weighted by Gasteiger charge is -2.06. The van der Waals surface area contributed by atoms with E-state index in [1.165, 1.54) is 11.3 Å². The molecule has 0 saturated heterocycles. The molecule has 126 valence electrons. The molecular weight excluding hydrogens is 344 g/mol. The third-order valence-corrected chi connectivity index (χ3v) is 6.34. The Morgan fingerprint density at radius 1 is 1.12 bits per heavy atom. The van der Waals surface area contributed by atoms with E-state index in [-0.39, 0.29) is 11.4 Å². The van der Waals surface area contributed by atoms with E-state index in [4.69, 9.17) is 4.52 Å². The Bertz CT molecular complexity index is 954. The number of hydrogen-bond donors (Lipinski definition) is 1. The van der Waals surface area contributed by atoms with Crippen molar-refractivity contribution >= 4 is 21.4 Å². The topological polar surface area (TPSA) is 72.2 Å². The minimum Gasteiger partial charge on any atom is -0.355 e. The Kier molecular flexibility index (Phi) is 4.58. The highest BCUT2D eigenvalue weighted by Crippen LogP contribution is 2.33. The maximum Gasteiger partial charge on any atom is 0.241 e. The highest BCUT2D eigenvalue weighted by molar-refractivity contribution is 7.89. The van der Waals surface area contributed by atoms with Crippen molar-refractivity contribution in [2.24, 2.45) is 0 Å². The lowest BCUT2D eigenvalue weighted by molar-refractivity contribution is 0.428. The van der Waals surface area contributed by atoms with Gasteiger partial charge in [0.15, 0.2) is 5.76 Å². The van der Waals surface area contributed by atoms with Gasteiger partial charge in [-0.05, 0) is 32.4 Å². The van der Waals surface area contributed by atoms with Crippen LogP contribution in [0, 0.1) is 20.8 Å². The van der Waals surface area contributed by atoms with E-state index in [0.29, 0.717) is 5.76 Å². The molecule has 0 aliphatic rings. The second-order valence-electron chi connectivity index (χ2n) is 5.67. The first-order valence-corrected chi connectivity index (χ1v) is 9.74. The van der Waals surface area contributed by atoms with Gasteiger partial charge in [0.05, 0.1) is 15.5 Å². The summed E-state index contributed by atoms with van der Waals surface area (Å²) in [4.78, 5) is 1.75. The van der Waals surface area contributed by atoms with Gasteiger partial charge in [-0.2, -0.15) is 0 Å². The van der Waals surface area contributed by atoms with Gasteiger partial charge in [0.2, 0.25) is 10.0 Å². The number of benzene rings is 1. The van der Waals surface area contributed by atoms with Crippen LogP contribution in [0.4, 0.5) is 0 Å². The molecule has 24 heavy (non-hydrogen) atoms. The lowest BCUT2D eigenvalue weighted by Crippen LogP contribution is -2.23. The van der Waals surface area contributed by atoms with E-state index in [0.717, 1.165) is 26.6 Å². The summed E-state index contributed by atoms with van der Waals surface area (Å²) in [6.45, 7) is 5.87. The third kappa shape index (κ3) is 3.58. The quantitative estimate of drug-likeness (QED) is 0.749. The summed E-state index contributed by atoms with van der Waals surface area (Å²) in [5.74, 6) is 0.584. The molecule has 0 atom stereocenters. The zero-order valence-corrected chi connectivity index (χ0v) is 15.3. The van der Waals surface area contributed by atoms with Gasteiger partial charge in [-0.1, -0.05) is 35.0 Å². The minimum absolute atomic E-state index is 0.259. The molecule has 0 saturated carbocycles. The van der Waals surface area contributed by atoms with E-state index in [2.05, 4.69) is 9.88 Å². The van der Waals surface area contributed by atoms with Gasteiger partial charge >= 0.3 is 0 Å². The summed E-state index contributed by atoms with van der Waals surface area (Å²) < 4.78 is 33.1. The third-order valence-electron chi connectivity index (χ3n) is 3.62. The average molecular weight is 362 g/mol. The number of hydrogen-bond acceptors (Lipinski definition) is 5. The monoisotopic (exact) mass is 362 g/mol. The molecule has 0 radical (unpaired) electrons. The molecule has 0 aliphatic heterocycles. The fourth-order valence-electron chi connectivity index (χ4n) is 2.30. The SMILES string of the molecule is Cc1ccc(CNS(=O)(=O)c2cc(-c3cc(C)no3)sc2C)cc1. The number of aryl methyl sites for hydroxylation is 3. The molecule has 2 heterocycles. The van der Waals surface area contributed by atoms with Crippen molar-refractivity contribution in [1.82, 2.24) is 9.88 Å². The second kappa shape index (κ2) is 6.51. The molecule has 1 aromatic carbocycles. The second-order valence-corrected chi connectivity index (χ2v) is 8.67. The first-order valence-electron chi connectivity index (χ1n) is 7.44. The van der Waals surface area contributed by atoms with Crippen LogP contribution in [0.2, 0.25) is 0 Å². The predicted octanol–water partition coefficient (Wildman–Crippen LogP) is 3.81. The molecule has 0 spiro atoms. The van der Waals surface area contributed by atoms with Crippen molar-refractivity contribution in [1.29, 1.82) is 0 Å². The van der Waals surface area contributed by atoms with Crippen LogP contribution in [0.3, 0.4) is 0 Å². The summed E-state index contributed by atoms with van der Waals surface area (Å²) in [6, 6.07) is 11.2. The Balaban J connectivity index is 1.81. The van der Waals surface area contributed by atoms with Gasteiger partial charge < -0.3 is 4.52 Å². The number of aromatic nitrogens is 1. The fraction of sp³-hybridized carbons (Fsp3) is 0.235. The molecule has 1 N–H and O–H groups in total. The molecule has 0 bridgehead atoms. The van der Waals surface area contributed by atoms with Gasteiger partial charge in [-0.15, -0.1) is 11.3 Å². The average Bonchev–Trinajstić information content (AvgIpc) is 3.13. The molecule has 3 aromatic rings. The van der Waals surface area contributed by atoms with Crippen molar-refractivity contribution in [3.05, 3.63) is 58.1 Å². The van der Waals surface area contributed by atoms with Crippen LogP contribution in [0.1, 0.15) is 21.7 Å². The van der Waals surface area contributed by atoms with Gasteiger partial charge in [0.25, 0.3) is 0 Å². The zero-order chi connectivity index (χ0) is 17.3. The van der Waals surface area contributed by atoms with Crippen LogP contribution < -0.4 is 4.72 Å². The van der Waals surface area contributed by atoms with E-state index in [1.54, 1.807) is 19.1 Å². The van der Waals surface area contributed by atoms with Gasteiger partial charge in [-0.25, -0.2) is 13.1 Å². The van der Waals surface area contributed by atoms with Crippen molar-refractivity contribution < 1.29 is 12.9 Å². The number of nitrogens with one attached hydrogen (secondary N) is 1. The summed E-state index contributed by atoms with van der Waals surface area (Å²) in [6.07, 6.45) is 0. The molecule has 3 rings (SSSR count). The Morgan fingerprint density at radius 2 is 1.83 bits per heavy atom. The largest absolute Gasteiger partial charge is 0.355 e. The van der Waals surface area contributed by atoms with Crippen LogP contribution >= 0.6 is 11.3 Å². The molecule has 2 aromatic heterocycles. The summed E-state index contributed by atoms with van der Waals surface area (Å²) in [7, 11) is -3.58.